The van der Waals surface area contributed by atoms with E-state index >= 15 is 0 Å². The summed E-state index contributed by atoms with van der Waals surface area (Å²) in [4.78, 5) is 43.7. The van der Waals surface area contributed by atoms with E-state index in [1.165, 1.54) is 0 Å². The van der Waals surface area contributed by atoms with Crippen LogP contribution in [0.1, 0.15) is 33.4 Å². The molecule has 1 atom stereocenters. The van der Waals surface area contributed by atoms with E-state index in [0.29, 0.717) is 11.3 Å². The molecule has 0 fully saturated rings. The lowest BCUT2D eigenvalue weighted by molar-refractivity contribution is -0.137. The number of nitrogens with one attached hydrogen (secondary N) is 2. The first-order valence-corrected chi connectivity index (χ1v) is 8.99. The maximum Gasteiger partial charge on any atom is 0.305 e. The Morgan fingerprint density at radius 3 is 2.54 bits per heavy atom. The van der Waals surface area contributed by atoms with Gasteiger partial charge in [-0.05, 0) is 12.5 Å². The summed E-state index contributed by atoms with van der Waals surface area (Å²) in [5, 5.41) is 14.4. The van der Waals surface area contributed by atoms with Crippen LogP contribution in [0.5, 0.6) is 0 Å². The number of carbonyl (C=O) groups excluding carboxylic acids is 2. The summed E-state index contributed by atoms with van der Waals surface area (Å²) < 4.78 is 0. The number of aliphatic imine (C=N–C) groups is 1. The van der Waals surface area contributed by atoms with Crippen LogP contribution in [-0.4, -0.2) is 40.4 Å². The largest absolute Gasteiger partial charge is 0.481 e. The van der Waals surface area contributed by atoms with Gasteiger partial charge in [-0.3, -0.25) is 14.4 Å². The zero-order valence-corrected chi connectivity index (χ0v) is 15.8. The summed E-state index contributed by atoms with van der Waals surface area (Å²) in [5.41, 5.74) is 11.7. The average Bonchev–Trinajstić information content (AvgIpc) is 2.99. The number of carbonyl (C=O) groups is 3. The number of guanidine groups is 1. The molecule has 1 aromatic heterocycles. The maximum absolute atomic E-state index is 12.3. The summed E-state index contributed by atoms with van der Waals surface area (Å²) in [6.45, 7) is 1.30. The highest BCUT2D eigenvalue weighted by atomic mass is 32.1. The first-order valence-electron chi connectivity index (χ1n) is 8.17. The zero-order valence-electron chi connectivity index (χ0n) is 15.0. The van der Waals surface area contributed by atoms with Crippen LogP contribution >= 0.6 is 11.3 Å². The van der Waals surface area contributed by atoms with E-state index in [1.807, 2.05) is 0 Å². The standard InChI is InChI=1S/C17H20N6O4S/c1-9-14(28-17(21-9)23-16(18)19)15(27)20-8-12(24)22-11(7-13(25)26)10-5-3-2-4-6-10/h2-6,11H,7-8H2,1H3,(H,20,27)(H,22,24)(H,25,26)(H4,18,19,21,23). The smallest absolute Gasteiger partial charge is 0.305 e. The number of thiazole rings is 1. The number of benzene rings is 1. The highest BCUT2D eigenvalue weighted by Gasteiger charge is 2.20. The zero-order chi connectivity index (χ0) is 20.7. The molecule has 0 saturated carbocycles. The summed E-state index contributed by atoms with van der Waals surface area (Å²) in [5.74, 6) is -2.25. The predicted octanol–water partition coefficient (Wildman–Crippen LogP) is 0.418. The van der Waals surface area contributed by atoms with Crippen LogP contribution in [0.3, 0.4) is 0 Å². The van der Waals surface area contributed by atoms with Crippen molar-refractivity contribution in [2.45, 2.75) is 19.4 Å². The fourth-order valence-corrected chi connectivity index (χ4v) is 3.22. The number of aromatic nitrogens is 1. The quantitative estimate of drug-likeness (QED) is 0.313. The minimum absolute atomic E-state index is 0.175. The number of rotatable bonds is 8. The Balaban J connectivity index is 1.98. The van der Waals surface area contributed by atoms with Crippen LogP contribution in [0.25, 0.3) is 0 Å². The van der Waals surface area contributed by atoms with Gasteiger partial charge >= 0.3 is 5.97 Å². The highest BCUT2D eigenvalue weighted by Crippen LogP contribution is 2.24. The summed E-state index contributed by atoms with van der Waals surface area (Å²) in [6.07, 6.45) is -0.278. The van der Waals surface area contributed by atoms with Crippen molar-refractivity contribution in [2.75, 3.05) is 6.54 Å². The third-order valence-corrected chi connectivity index (χ3v) is 4.59. The molecule has 28 heavy (non-hydrogen) atoms. The molecule has 1 unspecified atom stereocenters. The Morgan fingerprint density at radius 2 is 1.93 bits per heavy atom. The molecule has 148 valence electrons. The molecular formula is C17H20N6O4S. The number of carboxylic acid groups (broad SMARTS) is 1. The molecule has 1 aromatic carbocycles. The molecule has 0 aliphatic heterocycles. The summed E-state index contributed by atoms with van der Waals surface area (Å²) >= 11 is 0.987. The number of hydrogen-bond donors (Lipinski definition) is 5. The summed E-state index contributed by atoms with van der Waals surface area (Å²) in [6, 6.07) is 8.02. The minimum atomic E-state index is -1.05. The number of carboxylic acids is 1. The van der Waals surface area contributed by atoms with Gasteiger partial charge in [-0.15, -0.1) is 0 Å². The Labute approximate surface area is 164 Å². The van der Waals surface area contributed by atoms with Crippen molar-refractivity contribution in [1.82, 2.24) is 15.6 Å². The van der Waals surface area contributed by atoms with E-state index in [9.17, 15) is 14.4 Å². The number of amides is 2. The third-order valence-electron chi connectivity index (χ3n) is 3.54. The number of nitrogens with zero attached hydrogens (tertiary/aromatic N) is 2. The van der Waals surface area contributed by atoms with Crippen molar-refractivity contribution in [3.05, 3.63) is 46.5 Å². The van der Waals surface area contributed by atoms with Crippen molar-refractivity contribution < 1.29 is 19.5 Å². The fraction of sp³-hybridized carbons (Fsp3) is 0.235. The van der Waals surface area contributed by atoms with Crippen LogP contribution in [0.15, 0.2) is 35.3 Å². The van der Waals surface area contributed by atoms with E-state index in [-0.39, 0.29) is 28.9 Å². The van der Waals surface area contributed by atoms with Crippen LogP contribution in [0.4, 0.5) is 5.13 Å². The SMILES string of the molecule is Cc1nc(N=C(N)N)sc1C(=O)NCC(=O)NC(CC(=O)O)c1ccccc1. The number of nitrogens with two attached hydrogens (primary N) is 2. The van der Waals surface area contributed by atoms with Crippen molar-refractivity contribution >= 4 is 40.2 Å². The van der Waals surface area contributed by atoms with Crippen molar-refractivity contribution in [3.63, 3.8) is 0 Å². The van der Waals surface area contributed by atoms with Gasteiger partial charge in [-0.1, -0.05) is 41.7 Å². The molecule has 0 saturated heterocycles. The van der Waals surface area contributed by atoms with Gasteiger partial charge in [-0.2, -0.15) is 4.99 Å². The molecule has 0 aliphatic carbocycles. The molecule has 10 nitrogen and oxygen atoms in total. The number of aryl methyl sites for hydroxylation is 1. The van der Waals surface area contributed by atoms with Crippen molar-refractivity contribution in [2.24, 2.45) is 16.5 Å². The van der Waals surface area contributed by atoms with Gasteiger partial charge in [0.25, 0.3) is 5.91 Å². The Kier molecular flexibility index (Phi) is 7.04. The second-order valence-corrected chi connectivity index (χ2v) is 6.74. The van der Waals surface area contributed by atoms with Crippen LogP contribution in [0, 0.1) is 6.92 Å². The van der Waals surface area contributed by atoms with Crippen LogP contribution in [-0.2, 0) is 9.59 Å². The van der Waals surface area contributed by atoms with Crippen molar-refractivity contribution in [1.29, 1.82) is 0 Å². The molecule has 2 rings (SSSR count). The molecule has 1 heterocycles. The normalized spacial score (nSPS) is 11.3. The molecule has 0 spiro atoms. The molecule has 0 aliphatic rings. The second-order valence-electron chi connectivity index (χ2n) is 5.76. The summed E-state index contributed by atoms with van der Waals surface area (Å²) in [7, 11) is 0. The van der Waals surface area contributed by atoms with Gasteiger partial charge in [0.05, 0.1) is 24.7 Å². The maximum atomic E-state index is 12.3. The van der Waals surface area contributed by atoms with E-state index < -0.39 is 23.8 Å². The molecular weight excluding hydrogens is 384 g/mol. The Morgan fingerprint density at radius 1 is 1.25 bits per heavy atom. The van der Waals surface area contributed by atoms with Gasteiger partial charge in [0.2, 0.25) is 11.0 Å². The average molecular weight is 404 g/mol. The van der Waals surface area contributed by atoms with Gasteiger partial charge < -0.3 is 27.2 Å². The van der Waals surface area contributed by atoms with Crippen LogP contribution in [0.2, 0.25) is 0 Å². The van der Waals surface area contributed by atoms with Gasteiger partial charge in [0, 0.05) is 0 Å². The topological polar surface area (TPSA) is 173 Å². The number of aliphatic carboxylic acids is 1. The second kappa shape index (κ2) is 9.46. The predicted molar refractivity (Wildman–Crippen MR) is 104 cm³/mol. The first kappa shape index (κ1) is 20.8. The molecule has 2 amide bonds. The van der Waals surface area contributed by atoms with E-state index in [4.69, 9.17) is 16.6 Å². The van der Waals surface area contributed by atoms with Gasteiger partial charge in [0.15, 0.2) is 5.96 Å². The van der Waals surface area contributed by atoms with E-state index in [2.05, 4.69) is 20.6 Å². The number of hydrogen-bond acceptors (Lipinski definition) is 6. The van der Waals surface area contributed by atoms with Crippen LogP contribution < -0.4 is 22.1 Å². The van der Waals surface area contributed by atoms with E-state index in [0.717, 1.165) is 11.3 Å². The Bertz CT molecular complexity index is 892. The first-order chi connectivity index (χ1) is 13.3. The minimum Gasteiger partial charge on any atom is -0.481 e. The molecule has 11 heteroatoms. The van der Waals surface area contributed by atoms with Gasteiger partial charge in [-0.25, -0.2) is 4.98 Å². The molecule has 7 N–H and O–H groups in total. The lowest BCUT2D eigenvalue weighted by Gasteiger charge is -2.17. The lowest BCUT2D eigenvalue weighted by Crippen LogP contribution is -2.39. The molecule has 2 aromatic rings. The van der Waals surface area contributed by atoms with E-state index in [1.54, 1.807) is 37.3 Å². The highest BCUT2D eigenvalue weighted by molar-refractivity contribution is 7.17. The van der Waals surface area contributed by atoms with Crippen molar-refractivity contribution in [3.8, 4) is 0 Å². The monoisotopic (exact) mass is 404 g/mol. The van der Waals surface area contributed by atoms with Gasteiger partial charge in [0.1, 0.15) is 4.88 Å². The molecule has 0 bridgehead atoms. The lowest BCUT2D eigenvalue weighted by atomic mass is 10.0. The third kappa shape index (κ3) is 6.06. The molecule has 0 radical (unpaired) electrons. The fourth-order valence-electron chi connectivity index (χ4n) is 2.35. The Hall–Kier alpha value is -3.47.